The van der Waals surface area contributed by atoms with E-state index in [1.807, 2.05) is 31.2 Å². The number of esters is 1. The van der Waals surface area contributed by atoms with Gasteiger partial charge >= 0.3 is 5.97 Å². The topological polar surface area (TPSA) is 57.0 Å². The van der Waals surface area contributed by atoms with Crippen LogP contribution in [0.15, 0.2) is 48.5 Å². The second-order valence-electron chi connectivity index (χ2n) is 5.44. The number of halogens is 1. The number of aryl methyl sites for hydroxylation is 1. The molecule has 0 amide bonds. The van der Waals surface area contributed by atoms with E-state index in [4.69, 9.17) is 4.74 Å². The minimum absolute atomic E-state index is 0.118. The molecule has 0 aliphatic rings. The first-order chi connectivity index (χ1) is 11.6. The van der Waals surface area contributed by atoms with Crippen molar-refractivity contribution in [1.29, 1.82) is 0 Å². The molecule has 122 valence electrons. The van der Waals surface area contributed by atoms with Gasteiger partial charge in [0.1, 0.15) is 12.4 Å². The summed E-state index contributed by atoms with van der Waals surface area (Å²) in [5, 5.41) is 7.89. The van der Waals surface area contributed by atoms with Crippen LogP contribution in [0.1, 0.15) is 27.3 Å². The third kappa shape index (κ3) is 3.17. The molecule has 0 radical (unpaired) electrons. The van der Waals surface area contributed by atoms with Crippen LogP contribution in [0.25, 0.3) is 5.69 Å². The zero-order valence-corrected chi connectivity index (χ0v) is 13.4. The Morgan fingerprint density at radius 2 is 1.83 bits per heavy atom. The van der Waals surface area contributed by atoms with Gasteiger partial charge < -0.3 is 4.74 Å². The van der Waals surface area contributed by atoms with E-state index in [-0.39, 0.29) is 12.3 Å². The third-order valence-electron chi connectivity index (χ3n) is 3.68. The molecule has 0 bridgehead atoms. The normalized spacial score (nSPS) is 10.6. The van der Waals surface area contributed by atoms with E-state index in [1.54, 1.807) is 29.8 Å². The predicted molar refractivity (Wildman–Crippen MR) is 86.4 cm³/mol. The molecular formula is C18H16FN3O2. The smallest absolute Gasteiger partial charge is 0.361 e. The van der Waals surface area contributed by atoms with E-state index in [9.17, 15) is 9.18 Å². The molecule has 1 heterocycles. The molecular weight excluding hydrogens is 309 g/mol. The fourth-order valence-electron chi connectivity index (χ4n) is 2.28. The van der Waals surface area contributed by atoms with Crippen LogP contribution in [0.5, 0.6) is 0 Å². The Hall–Kier alpha value is -3.02. The average Bonchev–Trinajstić information content (AvgIpc) is 2.96. The van der Waals surface area contributed by atoms with Crippen LogP contribution in [0.3, 0.4) is 0 Å². The number of carbonyl (C=O) groups is 1. The lowest BCUT2D eigenvalue weighted by Crippen LogP contribution is -2.09. The third-order valence-corrected chi connectivity index (χ3v) is 3.68. The Balaban J connectivity index is 1.76. The van der Waals surface area contributed by atoms with Gasteiger partial charge in [0.15, 0.2) is 5.69 Å². The van der Waals surface area contributed by atoms with Gasteiger partial charge in [-0.3, -0.25) is 0 Å². The molecule has 24 heavy (non-hydrogen) atoms. The van der Waals surface area contributed by atoms with Crippen molar-refractivity contribution in [3.8, 4) is 5.69 Å². The van der Waals surface area contributed by atoms with Crippen molar-refractivity contribution in [3.63, 3.8) is 0 Å². The first kappa shape index (κ1) is 15.9. The summed E-state index contributed by atoms with van der Waals surface area (Å²) in [5.74, 6) is -1.04. The summed E-state index contributed by atoms with van der Waals surface area (Å²) < 4.78 is 20.3. The zero-order chi connectivity index (χ0) is 17.1. The van der Waals surface area contributed by atoms with Gasteiger partial charge in [0.25, 0.3) is 0 Å². The highest BCUT2D eigenvalue weighted by Crippen LogP contribution is 2.15. The molecule has 6 heteroatoms. The van der Waals surface area contributed by atoms with Crippen molar-refractivity contribution >= 4 is 5.97 Å². The van der Waals surface area contributed by atoms with Crippen molar-refractivity contribution < 1.29 is 13.9 Å². The highest BCUT2D eigenvalue weighted by Gasteiger charge is 2.19. The second-order valence-corrected chi connectivity index (χ2v) is 5.44. The molecule has 1 aromatic heterocycles. The Bertz CT molecular complexity index is 872. The van der Waals surface area contributed by atoms with Crippen LogP contribution in [-0.4, -0.2) is 21.0 Å². The number of ether oxygens (including phenoxy) is 1. The van der Waals surface area contributed by atoms with Gasteiger partial charge in [-0.05, 0) is 32.0 Å². The van der Waals surface area contributed by atoms with Crippen molar-refractivity contribution in [2.24, 2.45) is 0 Å². The molecule has 3 aromatic rings. The minimum Gasteiger partial charge on any atom is -0.456 e. The largest absolute Gasteiger partial charge is 0.456 e. The van der Waals surface area contributed by atoms with E-state index in [0.29, 0.717) is 11.3 Å². The number of nitrogens with zero attached hydrogens (tertiary/aromatic N) is 3. The van der Waals surface area contributed by atoms with Gasteiger partial charge in [-0.25, -0.2) is 13.9 Å². The van der Waals surface area contributed by atoms with E-state index in [2.05, 4.69) is 10.3 Å². The monoisotopic (exact) mass is 325 g/mol. The number of benzene rings is 2. The Labute approximate surface area is 138 Å². The molecule has 3 rings (SSSR count). The van der Waals surface area contributed by atoms with Crippen LogP contribution in [0.2, 0.25) is 0 Å². The lowest BCUT2D eigenvalue weighted by atomic mass is 10.2. The Morgan fingerprint density at radius 1 is 1.12 bits per heavy atom. The predicted octanol–water partition coefficient (Wildman–Crippen LogP) is 3.38. The van der Waals surface area contributed by atoms with Gasteiger partial charge in [-0.15, -0.1) is 5.10 Å². The highest BCUT2D eigenvalue weighted by atomic mass is 19.1. The van der Waals surface area contributed by atoms with Gasteiger partial charge in [0, 0.05) is 5.56 Å². The maximum atomic E-state index is 13.6. The summed E-state index contributed by atoms with van der Waals surface area (Å²) in [7, 11) is 0. The molecule has 0 atom stereocenters. The van der Waals surface area contributed by atoms with Gasteiger partial charge in [-0.1, -0.05) is 41.1 Å². The van der Waals surface area contributed by atoms with E-state index >= 15 is 0 Å². The summed E-state index contributed by atoms with van der Waals surface area (Å²) in [4.78, 5) is 12.2. The Morgan fingerprint density at radius 3 is 2.54 bits per heavy atom. The highest BCUT2D eigenvalue weighted by molar-refractivity contribution is 5.88. The molecule has 0 spiro atoms. The Kier molecular flexibility index (Phi) is 4.37. The van der Waals surface area contributed by atoms with E-state index in [0.717, 1.165) is 11.3 Å². The molecule has 2 aromatic carbocycles. The summed E-state index contributed by atoms with van der Waals surface area (Å²) in [6.45, 7) is 3.57. The van der Waals surface area contributed by atoms with Crippen molar-refractivity contribution in [1.82, 2.24) is 15.0 Å². The fourth-order valence-corrected chi connectivity index (χ4v) is 2.28. The van der Waals surface area contributed by atoms with Crippen LogP contribution in [0.4, 0.5) is 4.39 Å². The lowest BCUT2D eigenvalue weighted by Gasteiger charge is -2.06. The number of hydrogen-bond acceptors (Lipinski definition) is 4. The van der Waals surface area contributed by atoms with Gasteiger partial charge in [-0.2, -0.15) is 0 Å². The first-order valence-electron chi connectivity index (χ1n) is 7.46. The number of aromatic nitrogens is 3. The summed E-state index contributed by atoms with van der Waals surface area (Å²) in [6.07, 6.45) is 0. The summed E-state index contributed by atoms with van der Waals surface area (Å²) >= 11 is 0. The molecule has 0 aliphatic carbocycles. The maximum Gasteiger partial charge on any atom is 0.361 e. The molecule has 0 saturated carbocycles. The quantitative estimate of drug-likeness (QED) is 0.690. The molecule has 0 N–H and O–H groups in total. The first-order valence-corrected chi connectivity index (χ1v) is 7.46. The maximum absolute atomic E-state index is 13.6. The van der Waals surface area contributed by atoms with Crippen LogP contribution >= 0.6 is 0 Å². The van der Waals surface area contributed by atoms with E-state index in [1.165, 1.54) is 6.07 Å². The number of rotatable bonds is 4. The SMILES string of the molecule is Cc1ccc(-n2nnc(C(=O)OCc3ccccc3F)c2C)cc1. The molecule has 0 aliphatic heterocycles. The molecule has 0 unspecified atom stereocenters. The number of carbonyl (C=O) groups excluding carboxylic acids is 1. The minimum atomic E-state index is -0.630. The van der Waals surface area contributed by atoms with Crippen molar-refractivity contribution in [3.05, 3.63) is 76.9 Å². The van der Waals surface area contributed by atoms with E-state index < -0.39 is 11.8 Å². The molecule has 0 saturated heterocycles. The van der Waals surface area contributed by atoms with Crippen LogP contribution in [-0.2, 0) is 11.3 Å². The van der Waals surface area contributed by atoms with Gasteiger partial charge in [0.2, 0.25) is 0 Å². The average molecular weight is 325 g/mol. The van der Waals surface area contributed by atoms with Crippen LogP contribution < -0.4 is 0 Å². The summed E-state index contributed by atoms with van der Waals surface area (Å²) in [5.41, 5.74) is 2.93. The molecule has 5 nitrogen and oxygen atoms in total. The summed E-state index contributed by atoms with van der Waals surface area (Å²) in [6, 6.07) is 13.8. The number of hydrogen-bond donors (Lipinski definition) is 0. The lowest BCUT2D eigenvalue weighted by molar-refractivity contribution is 0.0461. The van der Waals surface area contributed by atoms with Gasteiger partial charge in [0.05, 0.1) is 11.4 Å². The fraction of sp³-hybridized carbons (Fsp3) is 0.167. The van der Waals surface area contributed by atoms with Crippen molar-refractivity contribution in [2.45, 2.75) is 20.5 Å². The molecule has 0 fully saturated rings. The van der Waals surface area contributed by atoms with Crippen LogP contribution in [0, 0.1) is 19.7 Å². The second kappa shape index (κ2) is 6.62. The standard InChI is InChI=1S/C18H16FN3O2/c1-12-7-9-15(10-8-12)22-13(2)17(20-21-22)18(23)24-11-14-5-3-4-6-16(14)19/h3-10H,11H2,1-2H3. The zero-order valence-electron chi connectivity index (χ0n) is 13.4. The van der Waals surface area contributed by atoms with Crippen molar-refractivity contribution in [2.75, 3.05) is 0 Å².